The van der Waals surface area contributed by atoms with E-state index in [1.807, 2.05) is 6.92 Å². The quantitative estimate of drug-likeness (QED) is 0.647. The number of hydrogen-bond donors (Lipinski definition) is 1. The van der Waals surface area contributed by atoms with E-state index >= 15 is 0 Å². The summed E-state index contributed by atoms with van der Waals surface area (Å²) in [5.74, 6) is 0.155. The van der Waals surface area contributed by atoms with E-state index in [0.717, 1.165) is 6.42 Å². The van der Waals surface area contributed by atoms with Gasteiger partial charge >= 0.3 is 0 Å². The highest BCUT2D eigenvalue weighted by atomic mass is 16.5. The van der Waals surface area contributed by atoms with Gasteiger partial charge in [0, 0.05) is 0 Å². The minimum absolute atomic E-state index is 0.0149. The SMILES string of the molecule is CC1CC(C(=O)N2CC(C)(O)C2)CO1. The van der Waals surface area contributed by atoms with Crippen LogP contribution in [0.15, 0.2) is 0 Å². The van der Waals surface area contributed by atoms with Gasteiger partial charge in [-0.2, -0.15) is 0 Å². The lowest BCUT2D eigenvalue weighted by Gasteiger charge is -2.45. The fourth-order valence-corrected chi connectivity index (χ4v) is 2.18. The summed E-state index contributed by atoms with van der Waals surface area (Å²) >= 11 is 0. The molecule has 0 bridgehead atoms. The van der Waals surface area contributed by atoms with Crippen LogP contribution in [0.1, 0.15) is 20.3 Å². The van der Waals surface area contributed by atoms with Crippen LogP contribution in [0.4, 0.5) is 0 Å². The summed E-state index contributed by atoms with van der Waals surface area (Å²) in [5.41, 5.74) is -0.666. The van der Waals surface area contributed by atoms with Crippen molar-refractivity contribution in [3.63, 3.8) is 0 Å². The summed E-state index contributed by atoms with van der Waals surface area (Å²) in [6.07, 6.45) is 1.02. The van der Waals surface area contributed by atoms with Crippen LogP contribution in [0.3, 0.4) is 0 Å². The fourth-order valence-electron chi connectivity index (χ4n) is 2.18. The van der Waals surface area contributed by atoms with Gasteiger partial charge in [0.1, 0.15) is 0 Å². The first-order valence-electron chi connectivity index (χ1n) is 5.11. The maximum absolute atomic E-state index is 11.8. The van der Waals surface area contributed by atoms with Crippen LogP contribution in [0.5, 0.6) is 0 Å². The molecular formula is C10H17NO3. The molecule has 2 heterocycles. The molecule has 4 nitrogen and oxygen atoms in total. The van der Waals surface area contributed by atoms with Gasteiger partial charge in [0.2, 0.25) is 5.91 Å². The molecule has 80 valence electrons. The summed E-state index contributed by atoms with van der Waals surface area (Å²) in [6.45, 7) is 5.22. The number of rotatable bonds is 1. The van der Waals surface area contributed by atoms with E-state index < -0.39 is 5.60 Å². The average Bonchev–Trinajstić information content (AvgIpc) is 2.46. The lowest BCUT2D eigenvalue weighted by Crippen LogP contribution is -2.62. The third-order valence-corrected chi connectivity index (χ3v) is 2.92. The van der Waals surface area contributed by atoms with Crippen LogP contribution in [0.2, 0.25) is 0 Å². The molecule has 0 aliphatic carbocycles. The predicted molar refractivity (Wildman–Crippen MR) is 50.7 cm³/mol. The van der Waals surface area contributed by atoms with Crippen molar-refractivity contribution in [1.82, 2.24) is 4.90 Å². The van der Waals surface area contributed by atoms with E-state index in [0.29, 0.717) is 19.7 Å². The molecule has 0 saturated carbocycles. The molecule has 0 radical (unpaired) electrons. The highest BCUT2D eigenvalue weighted by Gasteiger charge is 2.42. The van der Waals surface area contributed by atoms with Crippen molar-refractivity contribution in [1.29, 1.82) is 0 Å². The third kappa shape index (κ3) is 1.77. The van der Waals surface area contributed by atoms with Crippen LogP contribution in [-0.4, -0.2) is 47.3 Å². The normalized spacial score (nSPS) is 35.5. The Kier molecular flexibility index (Phi) is 2.27. The summed E-state index contributed by atoms with van der Waals surface area (Å²) in [6, 6.07) is 0. The first-order chi connectivity index (χ1) is 6.48. The standard InChI is InChI=1S/C10H17NO3/c1-7-3-8(4-14-7)9(12)11-5-10(2,13)6-11/h7-8,13H,3-6H2,1-2H3. The molecule has 0 aromatic rings. The van der Waals surface area contributed by atoms with Gasteiger partial charge in [0.25, 0.3) is 0 Å². The smallest absolute Gasteiger partial charge is 0.228 e. The van der Waals surface area contributed by atoms with Gasteiger partial charge in [-0.1, -0.05) is 0 Å². The molecule has 0 aromatic heterocycles. The van der Waals surface area contributed by atoms with Gasteiger partial charge < -0.3 is 14.7 Å². The van der Waals surface area contributed by atoms with E-state index in [1.165, 1.54) is 0 Å². The molecule has 4 heteroatoms. The van der Waals surface area contributed by atoms with Gasteiger partial charge in [0.15, 0.2) is 0 Å². The number of hydrogen-bond acceptors (Lipinski definition) is 3. The highest BCUT2D eigenvalue weighted by Crippen LogP contribution is 2.26. The number of aliphatic hydroxyl groups is 1. The van der Waals surface area contributed by atoms with Crippen molar-refractivity contribution in [2.24, 2.45) is 5.92 Å². The zero-order chi connectivity index (χ0) is 10.3. The molecule has 0 aromatic carbocycles. The summed E-state index contributed by atoms with van der Waals surface area (Å²) in [5, 5.41) is 9.50. The van der Waals surface area contributed by atoms with Crippen molar-refractivity contribution < 1.29 is 14.6 Å². The van der Waals surface area contributed by atoms with E-state index in [9.17, 15) is 9.90 Å². The van der Waals surface area contributed by atoms with Crippen LogP contribution in [0.25, 0.3) is 0 Å². The number of ether oxygens (including phenoxy) is 1. The zero-order valence-electron chi connectivity index (χ0n) is 8.69. The number of β-amino-alcohol motifs (C(OH)–C–C–N with tert-alkyl or cyclic N) is 1. The molecule has 2 fully saturated rings. The van der Waals surface area contributed by atoms with Gasteiger partial charge in [-0.25, -0.2) is 0 Å². The lowest BCUT2D eigenvalue weighted by atomic mass is 9.94. The van der Waals surface area contributed by atoms with Gasteiger partial charge in [-0.15, -0.1) is 0 Å². The second-order valence-electron chi connectivity index (χ2n) is 4.77. The maximum atomic E-state index is 11.8. The first-order valence-corrected chi connectivity index (χ1v) is 5.11. The van der Waals surface area contributed by atoms with Crippen LogP contribution < -0.4 is 0 Å². The number of amides is 1. The molecule has 2 aliphatic rings. The monoisotopic (exact) mass is 199 g/mol. The first kappa shape index (κ1) is 9.93. The van der Waals surface area contributed by atoms with E-state index in [4.69, 9.17) is 4.74 Å². The Morgan fingerprint density at radius 1 is 1.57 bits per heavy atom. The van der Waals surface area contributed by atoms with Crippen molar-refractivity contribution in [2.45, 2.75) is 32.0 Å². The van der Waals surface area contributed by atoms with Crippen molar-refractivity contribution in [3.8, 4) is 0 Å². The van der Waals surface area contributed by atoms with E-state index in [-0.39, 0.29) is 17.9 Å². The Hall–Kier alpha value is -0.610. The second kappa shape index (κ2) is 3.21. The summed E-state index contributed by atoms with van der Waals surface area (Å²) < 4.78 is 5.35. The number of likely N-dealkylation sites (tertiary alicyclic amines) is 1. The Morgan fingerprint density at radius 2 is 2.21 bits per heavy atom. The molecule has 2 saturated heterocycles. The van der Waals surface area contributed by atoms with Crippen LogP contribution in [0, 0.1) is 5.92 Å². The third-order valence-electron chi connectivity index (χ3n) is 2.92. The molecule has 2 rings (SSSR count). The Bertz CT molecular complexity index is 244. The molecule has 2 atom stereocenters. The van der Waals surface area contributed by atoms with Gasteiger partial charge in [-0.3, -0.25) is 4.79 Å². The van der Waals surface area contributed by atoms with Crippen molar-refractivity contribution in [3.05, 3.63) is 0 Å². The molecule has 2 aliphatic heterocycles. The molecule has 14 heavy (non-hydrogen) atoms. The van der Waals surface area contributed by atoms with E-state index in [2.05, 4.69) is 0 Å². The lowest BCUT2D eigenvalue weighted by molar-refractivity contribution is -0.156. The van der Waals surface area contributed by atoms with Crippen LogP contribution >= 0.6 is 0 Å². The summed E-state index contributed by atoms with van der Waals surface area (Å²) in [4.78, 5) is 13.5. The zero-order valence-corrected chi connectivity index (χ0v) is 8.69. The number of nitrogens with zero attached hydrogens (tertiary/aromatic N) is 1. The topological polar surface area (TPSA) is 49.8 Å². The Balaban J connectivity index is 1.85. The molecule has 1 N–H and O–H groups in total. The van der Waals surface area contributed by atoms with E-state index in [1.54, 1.807) is 11.8 Å². The maximum Gasteiger partial charge on any atom is 0.228 e. The Labute approximate surface area is 83.8 Å². The number of carbonyl (C=O) groups excluding carboxylic acids is 1. The van der Waals surface area contributed by atoms with Crippen molar-refractivity contribution in [2.75, 3.05) is 19.7 Å². The summed E-state index contributed by atoms with van der Waals surface area (Å²) in [7, 11) is 0. The Morgan fingerprint density at radius 3 is 2.64 bits per heavy atom. The van der Waals surface area contributed by atoms with Crippen LogP contribution in [-0.2, 0) is 9.53 Å². The second-order valence-corrected chi connectivity index (χ2v) is 4.77. The molecule has 1 amide bonds. The average molecular weight is 199 g/mol. The minimum Gasteiger partial charge on any atom is -0.386 e. The number of carbonyl (C=O) groups is 1. The largest absolute Gasteiger partial charge is 0.386 e. The minimum atomic E-state index is -0.666. The van der Waals surface area contributed by atoms with Crippen molar-refractivity contribution >= 4 is 5.91 Å². The predicted octanol–water partition coefficient (Wildman–Crippen LogP) is 0.00460. The molecule has 0 spiro atoms. The van der Waals surface area contributed by atoms with Gasteiger partial charge in [-0.05, 0) is 20.3 Å². The fraction of sp³-hybridized carbons (Fsp3) is 0.900. The van der Waals surface area contributed by atoms with Gasteiger partial charge in [0.05, 0.1) is 37.3 Å². The molecule has 2 unspecified atom stereocenters. The highest BCUT2D eigenvalue weighted by molar-refractivity contribution is 5.80. The molecular weight excluding hydrogens is 182 g/mol.